The van der Waals surface area contributed by atoms with Gasteiger partial charge in [-0.1, -0.05) is 12.1 Å². The van der Waals surface area contributed by atoms with Crippen molar-refractivity contribution in [2.24, 2.45) is 0 Å². The number of hydrogen-bond donors (Lipinski definition) is 1. The summed E-state index contributed by atoms with van der Waals surface area (Å²) in [6, 6.07) is 8.85. The van der Waals surface area contributed by atoms with Crippen molar-refractivity contribution in [1.29, 1.82) is 5.26 Å². The Kier molecular flexibility index (Phi) is 1.88. The molecular weight excluding hydrogens is 180 g/mol. The van der Waals surface area contributed by atoms with E-state index in [0.717, 1.165) is 0 Å². The molecule has 1 aromatic carbocycles. The molecule has 0 aliphatic carbocycles. The summed E-state index contributed by atoms with van der Waals surface area (Å²) in [5, 5.41) is 14.7. The Hall–Kier alpha value is -2.35. The standard InChI is InChI=1S/C9H6N4O/c10-5-7-3-1-2-4-8(7)13-6-11-12-9(13)14/h1-4,6H,(H,12,14). The van der Waals surface area contributed by atoms with Gasteiger partial charge >= 0.3 is 5.69 Å². The Morgan fingerprint density at radius 3 is 2.86 bits per heavy atom. The van der Waals surface area contributed by atoms with Gasteiger partial charge in [0.2, 0.25) is 0 Å². The minimum atomic E-state index is -0.354. The Morgan fingerprint density at radius 1 is 1.43 bits per heavy atom. The van der Waals surface area contributed by atoms with Gasteiger partial charge in [0.1, 0.15) is 12.4 Å². The van der Waals surface area contributed by atoms with Gasteiger partial charge < -0.3 is 0 Å². The van der Waals surface area contributed by atoms with Gasteiger partial charge in [-0.3, -0.25) is 0 Å². The van der Waals surface area contributed by atoms with Gasteiger partial charge in [0.15, 0.2) is 0 Å². The average Bonchev–Trinajstić information content (AvgIpc) is 2.64. The molecule has 0 radical (unpaired) electrons. The Bertz CT molecular complexity index is 546. The number of H-pyrrole nitrogens is 1. The van der Waals surface area contributed by atoms with Crippen LogP contribution in [0.4, 0.5) is 0 Å². The first-order valence-electron chi connectivity index (χ1n) is 3.94. The Morgan fingerprint density at radius 2 is 2.21 bits per heavy atom. The van der Waals surface area contributed by atoms with E-state index in [1.165, 1.54) is 10.9 Å². The van der Waals surface area contributed by atoms with Gasteiger partial charge in [0.25, 0.3) is 0 Å². The maximum atomic E-state index is 11.2. The van der Waals surface area contributed by atoms with Crippen molar-refractivity contribution in [3.8, 4) is 11.8 Å². The summed E-state index contributed by atoms with van der Waals surface area (Å²) in [6.07, 6.45) is 1.35. The van der Waals surface area contributed by atoms with Gasteiger partial charge in [-0.15, -0.1) is 0 Å². The molecule has 5 nitrogen and oxygen atoms in total. The minimum absolute atomic E-state index is 0.354. The number of nitriles is 1. The first-order chi connectivity index (χ1) is 6.83. The van der Waals surface area contributed by atoms with Crippen LogP contribution >= 0.6 is 0 Å². The van der Waals surface area contributed by atoms with E-state index in [4.69, 9.17) is 5.26 Å². The number of hydrogen-bond acceptors (Lipinski definition) is 3. The van der Waals surface area contributed by atoms with Crippen LogP contribution in [0.15, 0.2) is 35.4 Å². The highest BCUT2D eigenvalue weighted by atomic mass is 16.1. The lowest BCUT2D eigenvalue weighted by atomic mass is 10.2. The van der Waals surface area contributed by atoms with Crippen molar-refractivity contribution < 1.29 is 0 Å². The van der Waals surface area contributed by atoms with Crippen molar-refractivity contribution in [3.05, 3.63) is 46.6 Å². The van der Waals surface area contributed by atoms with Crippen molar-refractivity contribution in [3.63, 3.8) is 0 Å². The highest BCUT2D eigenvalue weighted by molar-refractivity contribution is 5.48. The van der Waals surface area contributed by atoms with Crippen molar-refractivity contribution in [2.45, 2.75) is 0 Å². The number of benzene rings is 1. The average molecular weight is 186 g/mol. The largest absolute Gasteiger partial charge is 0.347 e. The second kappa shape index (κ2) is 3.18. The molecule has 1 N–H and O–H groups in total. The molecule has 68 valence electrons. The molecule has 0 fully saturated rings. The van der Waals surface area contributed by atoms with E-state index in [1.807, 2.05) is 6.07 Å². The molecule has 0 spiro atoms. The fourth-order valence-electron chi connectivity index (χ4n) is 1.20. The summed E-state index contributed by atoms with van der Waals surface area (Å²) in [4.78, 5) is 11.2. The number of aromatic amines is 1. The second-order valence-corrected chi connectivity index (χ2v) is 2.66. The maximum Gasteiger partial charge on any atom is 0.347 e. The van der Waals surface area contributed by atoms with Gasteiger partial charge in [0, 0.05) is 0 Å². The van der Waals surface area contributed by atoms with Crippen LogP contribution in [0.5, 0.6) is 0 Å². The zero-order valence-corrected chi connectivity index (χ0v) is 7.14. The lowest BCUT2D eigenvalue weighted by molar-refractivity contribution is 0.979. The zero-order valence-electron chi connectivity index (χ0n) is 7.14. The van der Waals surface area contributed by atoms with E-state index in [-0.39, 0.29) is 5.69 Å². The maximum absolute atomic E-state index is 11.2. The van der Waals surface area contributed by atoms with Crippen molar-refractivity contribution in [2.75, 3.05) is 0 Å². The predicted molar refractivity (Wildman–Crippen MR) is 48.9 cm³/mol. The number of para-hydroxylation sites is 1. The fraction of sp³-hybridized carbons (Fsp3) is 0. The van der Waals surface area contributed by atoms with Gasteiger partial charge in [-0.2, -0.15) is 10.4 Å². The smallest absolute Gasteiger partial charge is 0.248 e. The van der Waals surface area contributed by atoms with Crippen LogP contribution in [0, 0.1) is 11.3 Å². The Labute approximate surface area is 79.2 Å². The molecule has 0 aliphatic rings. The van der Waals surface area contributed by atoms with Crippen LogP contribution in [-0.4, -0.2) is 14.8 Å². The highest BCUT2D eigenvalue weighted by Crippen LogP contribution is 2.09. The third-order valence-corrected chi connectivity index (χ3v) is 1.84. The molecule has 1 heterocycles. The van der Waals surface area contributed by atoms with Crippen molar-refractivity contribution in [1.82, 2.24) is 14.8 Å². The number of nitrogens with zero attached hydrogens (tertiary/aromatic N) is 3. The molecule has 0 bridgehead atoms. The first kappa shape index (κ1) is 8.26. The third kappa shape index (κ3) is 1.19. The monoisotopic (exact) mass is 186 g/mol. The van der Waals surface area contributed by atoms with E-state index in [0.29, 0.717) is 11.3 Å². The number of rotatable bonds is 1. The normalized spacial score (nSPS) is 9.64. The minimum Gasteiger partial charge on any atom is -0.248 e. The first-order valence-corrected chi connectivity index (χ1v) is 3.94. The van der Waals surface area contributed by atoms with Crippen molar-refractivity contribution >= 4 is 0 Å². The van der Waals surface area contributed by atoms with E-state index in [1.54, 1.807) is 24.3 Å². The zero-order chi connectivity index (χ0) is 9.97. The molecule has 2 aromatic rings. The number of aromatic nitrogens is 3. The molecule has 5 heteroatoms. The van der Waals surface area contributed by atoms with E-state index in [2.05, 4.69) is 10.2 Å². The molecule has 1 aromatic heterocycles. The quantitative estimate of drug-likeness (QED) is 0.701. The van der Waals surface area contributed by atoms with Crippen LogP contribution in [0.3, 0.4) is 0 Å². The summed E-state index contributed by atoms with van der Waals surface area (Å²) in [5.41, 5.74) is 0.623. The molecule has 2 rings (SSSR count). The molecule has 0 saturated carbocycles. The van der Waals surface area contributed by atoms with Gasteiger partial charge in [0.05, 0.1) is 11.3 Å². The highest BCUT2D eigenvalue weighted by Gasteiger charge is 2.05. The van der Waals surface area contributed by atoms with Crippen LogP contribution in [0.1, 0.15) is 5.56 Å². The lowest BCUT2D eigenvalue weighted by Gasteiger charge is -2.00. The second-order valence-electron chi connectivity index (χ2n) is 2.66. The molecule has 0 aliphatic heterocycles. The van der Waals surface area contributed by atoms with E-state index in [9.17, 15) is 4.79 Å². The van der Waals surface area contributed by atoms with E-state index >= 15 is 0 Å². The Balaban J connectivity index is 2.70. The third-order valence-electron chi connectivity index (χ3n) is 1.84. The van der Waals surface area contributed by atoms with Crippen LogP contribution in [-0.2, 0) is 0 Å². The van der Waals surface area contributed by atoms with Gasteiger partial charge in [-0.05, 0) is 12.1 Å². The molecular formula is C9H6N4O. The predicted octanol–water partition coefficient (Wildman–Crippen LogP) is 0.432. The van der Waals surface area contributed by atoms with Crippen LogP contribution in [0.25, 0.3) is 5.69 Å². The van der Waals surface area contributed by atoms with E-state index < -0.39 is 0 Å². The summed E-state index contributed by atoms with van der Waals surface area (Å²) in [7, 11) is 0. The molecule has 0 unspecified atom stereocenters. The topological polar surface area (TPSA) is 74.5 Å². The SMILES string of the molecule is N#Cc1ccccc1-n1cn[nH]c1=O. The molecule has 0 saturated heterocycles. The summed E-state index contributed by atoms with van der Waals surface area (Å²) >= 11 is 0. The summed E-state index contributed by atoms with van der Waals surface area (Å²) < 4.78 is 1.29. The molecule has 14 heavy (non-hydrogen) atoms. The molecule has 0 atom stereocenters. The number of nitrogens with one attached hydrogen (secondary N) is 1. The van der Waals surface area contributed by atoms with Crippen LogP contribution < -0.4 is 5.69 Å². The lowest BCUT2D eigenvalue weighted by Crippen LogP contribution is -2.15. The summed E-state index contributed by atoms with van der Waals surface area (Å²) in [5.74, 6) is 0. The fourth-order valence-corrected chi connectivity index (χ4v) is 1.20. The van der Waals surface area contributed by atoms with Crippen LogP contribution in [0.2, 0.25) is 0 Å². The van der Waals surface area contributed by atoms with Gasteiger partial charge in [-0.25, -0.2) is 14.5 Å². The summed E-state index contributed by atoms with van der Waals surface area (Å²) in [6.45, 7) is 0. The molecule has 0 amide bonds.